The lowest BCUT2D eigenvalue weighted by molar-refractivity contribution is -0.284. The number of hydrogen-bond donors (Lipinski definition) is 0. The number of hydrogen-bond acceptors (Lipinski definition) is 3. The van der Waals surface area contributed by atoms with Crippen LogP contribution in [0.15, 0.2) is 0 Å². The SMILES string of the molecule is CCCCCC(SCCCCCC(F)(F)C(F)(F)F)C(=O)OC. The predicted octanol–water partition coefficient (Wildman–Crippen LogP) is 5.60. The average Bonchev–Trinajstić information content (AvgIpc) is 2.46. The van der Waals surface area contributed by atoms with Crippen LogP contribution in [0.25, 0.3) is 0 Å². The predicted molar refractivity (Wildman–Crippen MR) is 81.9 cm³/mol. The number of methoxy groups -OCH3 is 1. The maximum absolute atomic E-state index is 12.7. The van der Waals surface area contributed by atoms with E-state index in [2.05, 4.69) is 6.92 Å². The van der Waals surface area contributed by atoms with E-state index in [4.69, 9.17) is 4.74 Å². The van der Waals surface area contributed by atoms with E-state index in [0.29, 0.717) is 18.6 Å². The van der Waals surface area contributed by atoms with Gasteiger partial charge in [0.2, 0.25) is 0 Å². The highest BCUT2D eigenvalue weighted by Crippen LogP contribution is 2.39. The minimum absolute atomic E-state index is 0.189. The summed E-state index contributed by atoms with van der Waals surface area (Å²) in [5.41, 5.74) is 0. The smallest absolute Gasteiger partial charge is 0.453 e. The topological polar surface area (TPSA) is 26.3 Å². The summed E-state index contributed by atoms with van der Waals surface area (Å²) in [7, 11) is 1.31. The molecule has 0 fully saturated rings. The van der Waals surface area contributed by atoms with E-state index in [1.54, 1.807) is 0 Å². The van der Waals surface area contributed by atoms with Crippen LogP contribution in [-0.4, -0.2) is 36.2 Å². The van der Waals surface area contributed by atoms with E-state index in [1.807, 2.05) is 0 Å². The number of esters is 1. The fraction of sp³-hybridized carbons (Fsp3) is 0.933. The zero-order valence-corrected chi connectivity index (χ0v) is 14.4. The molecule has 0 amide bonds. The Bertz CT molecular complexity index is 334. The Morgan fingerprint density at radius 1 is 1.04 bits per heavy atom. The molecule has 1 atom stereocenters. The number of carbonyl (C=O) groups excluding carboxylic acids is 1. The van der Waals surface area contributed by atoms with Crippen molar-refractivity contribution in [1.29, 1.82) is 0 Å². The highest BCUT2D eigenvalue weighted by molar-refractivity contribution is 8.00. The first kappa shape index (κ1) is 22.5. The monoisotopic (exact) mass is 364 g/mol. The van der Waals surface area contributed by atoms with Gasteiger partial charge in [-0.05, 0) is 25.0 Å². The summed E-state index contributed by atoms with van der Waals surface area (Å²) in [6.45, 7) is 2.05. The molecule has 0 bridgehead atoms. The molecule has 0 aliphatic heterocycles. The maximum Gasteiger partial charge on any atom is 0.453 e. The third kappa shape index (κ3) is 9.37. The summed E-state index contributed by atoms with van der Waals surface area (Å²) in [6.07, 6.45) is -2.42. The first-order chi connectivity index (χ1) is 10.7. The molecule has 1 unspecified atom stereocenters. The van der Waals surface area contributed by atoms with Gasteiger partial charge in [-0.3, -0.25) is 4.79 Å². The van der Waals surface area contributed by atoms with Gasteiger partial charge in [-0.1, -0.05) is 32.6 Å². The lowest BCUT2D eigenvalue weighted by atomic mass is 10.1. The first-order valence-corrected chi connectivity index (χ1v) is 8.84. The second kappa shape index (κ2) is 11.1. The summed E-state index contributed by atoms with van der Waals surface area (Å²) in [4.78, 5) is 11.6. The lowest BCUT2D eigenvalue weighted by Gasteiger charge is -2.19. The van der Waals surface area contributed by atoms with Crippen molar-refractivity contribution >= 4 is 17.7 Å². The van der Waals surface area contributed by atoms with Gasteiger partial charge in [-0.2, -0.15) is 22.0 Å². The Balaban J connectivity index is 3.96. The number of alkyl halides is 5. The minimum atomic E-state index is -5.48. The highest BCUT2D eigenvalue weighted by Gasteiger charge is 2.56. The number of ether oxygens (including phenoxy) is 1. The standard InChI is InChI=1S/C15H25F5O2S/c1-3-4-6-9-12(13(21)22-2)23-11-8-5-7-10-14(16,17)15(18,19)20/h12H,3-11H2,1-2H3. The van der Waals surface area contributed by atoms with E-state index in [1.165, 1.54) is 18.9 Å². The Kier molecular flexibility index (Phi) is 10.8. The lowest BCUT2D eigenvalue weighted by Crippen LogP contribution is -2.36. The van der Waals surface area contributed by atoms with Crippen LogP contribution in [0.3, 0.4) is 0 Å². The summed E-state index contributed by atoms with van der Waals surface area (Å²) in [5, 5.41) is -0.289. The summed E-state index contributed by atoms with van der Waals surface area (Å²) >= 11 is 1.38. The Labute approximate surface area is 138 Å². The molecular weight excluding hydrogens is 339 g/mol. The fourth-order valence-corrected chi connectivity index (χ4v) is 3.19. The second-order valence-electron chi connectivity index (χ2n) is 5.39. The van der Waals surface area contributed by atoms with Gasteiger partial charge in [0, 0.05) is 6.42 Å². The molecule has 0 aliphatic rings. The van der Waals surface area contributed by atoms with Crippen molar-refractivity contribution in [2.75, 3.05) is 12.9 Å². The van der Waals surface area contributed by atoms with Crippen molar-refractivity contribution in [3.05, 3.63) is 0 Å². The average molecular weight is 364 g/mol. The van der Waals surface area contributed by atoms with Crippen LogP contribution >= 0.6 is 11.8 Å². The van der Waals surface area contributed by atoms with Crippen LogP contribution in [0.5, 0.6) is 0 Å². The Hall–Kier alpha value is -0.530. The molecular formula is C15H25F5O2S. The quantitative estimate of drug-likeness (QED) is 0.256. The van der Waals surface area contributed by atoms with E-state index in [0.717, 1.165) is 19.3 Å². The molecule has 0 heterocycles. The molecule has 0 rings (SSSR count). The van der Waals surface area contributed by atoms with E-state index in [9.17, 15) is 26.7 Å². The number of carbonyl (C=O) groups is 1. The number of halogens is 5. The van der Waals surface area contributed by atoms with E-state index < -0.39 is 18.5 Å². The Morgan fingerprint density at radius 2 is 1.70 bits per heavy atom. The van der Waals surface area contributed by atoms with Crippen LogP contribution in [-0.2, 0) is 9.53 Å². The van der Waals surface area contributed by atoms with Crippen LogP contribution < -0.4 is 0 Å². The molecule has 23 heavy (non-hydrogen) atoms. The molecule has 8 heteroatoms. The molecule has 0 saturated carbocycles. The maximum atomic E-state index is 12.7. The fourth-order valence-electron chi connectivity index (χ4n) is 1.97. The van der Waals surface area contributed by atoms with Gasteiger partial charge in [0.05, 0.1) is 7.11 Å². The molecule has 2 nitrogen and oxygen atoms in total. The number of unbranched alkanes of at least 4 members (excludes halogenated alkanes) is 4. The molecule has 138 valence electrons. The summed E-state index contributed by atoms with van der Waals surface area (Å²) in [6, 6.07) is 0. The molecule has 0 aromatic carbocycles. The second-order valence-corrected chi connectivity index (χ2v) is 6.70. The zero-order chi connectivity index (χ0) is 17.9. The largest absolute Gasteiger partial charge is 0.468 e. The van der Waals surface area contributed by atoms with Gasteiger partial charge in [0.25, 0.3) is 0 Å². The third-order valence-corrected chi connectivity index (χ3v) is 4.76. The van der Waals surface area contributed by atoms with E-state index in [-0.39, 0.29) is 24.1 Å². The van der Waals surface area contributed by atoms with Crippen LogP contribution in [0.2, 0.25) is 0 Å². The van der Waals surface area contributed by atoms with Gasteiger partial charge in [0.15, 0.2) is 0 Å². The van der Waals surface area contributed by atoms with Crippen molar-refractivity contribution in [2.24, 2.45) is 0 Å². The number of thioether (sulfide) groups is 1. The summed E-state index contributed by atoms with van der Waals surface area (Å²) < 4.78 is 66.1. The molecule has 0 radical (unpaired) electrons. The van der Waals surface area contributed by atoms with Crippen LogP contribution in [0, 0.1) is 0 Å². The minimum Gasteiger partial charge on any atom is -0.468 e. The van der Waals surface area contributed by atoms with Gasteiger partial charge in [0.1, 0.15) is 5.25 Å². The van der Waals surface area contributed by atoms with Gasteiger partial charge < -0.3 is 4.74 Å². The molecule has 0 aromatic heterocycles. The zero-order valence-electron chi connectivity index (χ0n) is 13.6. The van der Waals surface area contributed by atoms with Gasteiger partial charge >= 0.3 is 18.1 Å². The third-order valence-electron chi connectivity index (χ3n) is 3.40. The molecule has 0 saturated heterocycles. The Morgan fingerprint density at radius 3 is 2.22 bits per heavy atom. The molecule has 0 spiro atoms. The highest BCUT2D eigenvalue weighted by atomic mass is 32.2. The van der Waals surface area contributed by atoms with Crippen molar-refractivity contribution in [3.63, 3.8) is 0 Å². The van der Waals surface area contributed by atoms with Crippen molar-refractivity contribution in [2.45, 2.75) is 75.6 Å². The van der Waals surface area contributed by atoms with Crippen LogP contribution in [0.4, 0.5) is 22.0 Å². The molecule has 0 N–H and O–H groups in total. The number of rotatable bonds is 12. The van der Waals surface area contributed by atoms with E-state index >= 15 is 0 Å². The van der Waals surface area contributed by atoms with Crippen molar-refractivity contribution in [1.82, 2.24) is 0 Å². The van der Waals surface area contributed by atoms with Crippen LogP contribution in [0.1, 0.15) is 58.3 Å². The first-order valence-electron chi connectivity index (χ1n) is 7.79. The molecule has 0 aliphatic carbocycles. The summed E-state index contributed by atoms with van der Waals surface area (Å²) in [5.74, 6) is -4.38. The van der Waals surface area contributed by atoms with Gasteiger partial charge in [-0.15, -0.1) is 11.8 Å². The van der Waals surface area contributed by atoms with Gasteiger partial charge in [-0.25, -0.2) is 0 Å². The van der Waals surface area contributed by atoms with Crippen molar-refractivity contribution in [3.8, 4) is 0 Å². The van der Waals surface area contributed by atoms with Crippen molar-refractivity contribution < 1.29 is 31.5 Å². The molecule has 0 aromatic rings. The normalized spacial score (nSPS) is 13.9.